The fourth-order valence-corrected chi connectivity index (χ4v) is 2.00. The highest BCUT2D eigenvalue weighted by Crippen LogP contribution is 2.06. The fraction of sp³-hybridized carbons (Fsp3) is 0.545. The zero-order chi connectivity index (χ0) is 13.0. The Morgan fingerprint density at radius 2 is 1.94 bits per heavy atom. The summed E-state index contributed by atoms with van der Waals surface area (Å²) in [5.74, 6) is 0. The second-order valence-corrected chi connectivity index (χ2v) is 4.59. The van der Waals surface area contributed by atoms with E-state index in [0.717, 1.165) is 17.4 Å². The van der Waals surface area contributed by atoms with Crippen LogP contribution in [-0.4, -0.2) is 21.9 Å². The second kappa shape index (κ2) is 5.95. The molecule has 0 aliphatic carbocycles. The summed E-state index contributed by atoms with van der Waals surface area (Å²) in [5.41, 5.74) is -0.186. The van der Waals surface area contributed by atoms with Crippen molar-refractivity contribution in [3.8, 4) is 0 Å². The highest BCUT2D eigenvalue weighted by molar-refractivity contribution is 9.10. The van der Waals surface area contributed by atoms with Gasteiger partial charge in [0.25, 0.3) is 5.56 Å². The number of aromatic nitrogens is 2. The third-order valence-electron chi connectivity index (χ3n) is 2.51. The molecule has 0 fully saturated rings. The molecule has 6 heteroatoms. The molecule has 1 heterocycles. The third-order valence-corrected chi connectivity index (χ3v) is 3.25. The molecule has 1 rings (SSSR count). The summed E-state index contributed by atoms with van der Waals surface area (Å²) in [6.45, 7) is 2.78. The lowest BCUT2D eigenvalue weighted by Crippen LogP contribution is -2.39. The van der Waals surface area contributed by atoms with Crippen molar-refractivity contribution in [2.45, 2.75) is 19.8 Å². The van der Waals surface area contributed by atoms with Gasteiger partial charge in [-0.25, -0.2) is 4.79 Å². The van der Waals surface area contributed by atoms with Crippen LogP contribution in [0.5, 0.6) is 0 Å². The van der Waals surface area contributed by atoms with Crippen LogP contribution in [0.25, 0.3) is 0 Å². The zero-order valence-corrected chi connectivity index (χ0v) is 11.8. The predicted octanol–water partition coefficient (Wildman–Crippen LogP) is 1.07. The molecule has 0 atom stereocenters. The number of hydrogen-bond donors (Lipinski definition) is 0. The molecule has 1 aromatic rings. The van der Waals surface area contributed by atoms with Crippen molar-refractivity contribution in [2.24, 2.45) is 19.1 Å². The highest BCUT2D eigenvalue weighted by Gasteiger charge is 2.10. The lowest BCUT2D eigenvalue weighted by atomic mass is 10.3. The maximum absolute atomic E-state index is 11.7. The molecule has 0 spiro atoms. The molecule has 0 aliphatic heterocycles. The second-order valence-electron chi connectivity index (χ2n) is 3.79. The van der Waals surface area contributed by atoms with E-state index in [1.807, 2.05) is 0 Å². The van der Waals surface area contributed by atoms with Crippen LogP contribution in [0.15, 0.2) is 19.1 Å². The first kappa shape index (κ1) is 13.9. The van der Waals surface area contributed by atoms with Crippen molar-refractivity contribution in [3.63, 3.8) is 0 Å². The molecule has 0 aromatic carbocycles. The van der Waals surface area contributed by atoms with Gasteiger partial charge in [-0.3, -0.25) is 18.9 Å². The standard InChI is InChI=1S/C11H16BrN3O2/c1-4-5-6-13-7-8-9(12)10(16)15(3)11(17)14(8)2/h7H,4-6H2,1-3H3. The van der Waals surface area contributed by atoms with Gasteiger partial charge in [-0.15, -0.1) is 0 Å². The van der Waals surface area contributed by atoms with Crippen LogP contribution in [0.4, 0.5) is 0 Å². The topological polar surface area (TPSA) is 56.4 Å². The van der Waals surface area contributed by atoms with E-state index in [-0.39, 0.29) is 11.2 Å². The summed E-state index contributed by atoms with van der Waals surface area (Å²) >= 11 is 3.20. The van der Waals surface area contributed by atoms with E-state index >= 15 is 0 Å². The van der Waals surface area contributed by atoms with E-state index in [0.29, 0.717) is 16.7 Å². The third kappa shape index (κ3) is 2.94. The average Bonchev–Trinajstić information content (AvgIpc) is 2.33. The molecule has 0 unspecified atom stereocenters. The monoisotopic (exact) mass is 301 g/mol. The summed E-state index contributed by atoms with van der Waals surface area (Å²) in [6.07, 6.45) is 3.63. The minimum atomic E-state index is -0.352. The summed E-state index contributed by atoms with van der Waals surface area (Å²) < 4.78 is 2.83. The first-order valence-electron chi connectivity index (χ1n) is 5.46. The molecule has 17 heavy (non-hydrogen) atoms. The van der Waals surface area contributed by atoms with Crippen molar-refractivity contribution in [1.82, 2.24) is 9.13 Å². The van der Waals surface area contributed by atoms with Gasteiger partial charge in [-0.1, -0.05) is 13.3 Å². The van der Waals surface area contributed by atoms with Gasteiger partial charge in [0.2, 0.25) is 0 Å². The maximum Gasteiger partial charge on any atom is 0.331 e. The van der Waals surface area contributed by atoms with Crippen LogP contribution < -0.4 is 11.2 Å². The Balaban J connectivity index is 3.21. The molecule has 0 aliphatic rings. The minimum Gasteiger partial charge on any atom is -0.294 e. The number of nitrogens with zero attached hydrogens (tertiary/aromatic N) is 3. The van der Waals surface area contributed by atoms with Crippen LogP contribution >= 0.6 is 15.9 Å². The summed E-state index contributed by atoms with van der Waals surface area (Å²) in [5, 5.41) is 0. The Kier molecular flexibility index (Phi) is 4.86. The number of aliphatic imine (C=N–C) groups is 1. The van der Waals surface area contributed by atoms with Crippen LogP contribution in [0.1, 0.15) is 25.5 Å². The van der Waals surface area contributed by atoms with Crippen molar-refractivity contribution in [2.75, 3.05) is 6.54 Å². The Morgan fingerprint density at radius 3 is 2.53 bits per heavy atom. The van der Waals surface area contributed by atoms with Gasteiger partial charge in [0, 0.05) is 26.9 Å². The molecule has 0 radical (unpaired) electrons. The lowest BCUT2D eigenvalue weighted by molar-refractivity contribution is 0.675. The van der Waals surface area contributed by atoms with Crippen LogP contribution in [0.2, 0.25) is 0 Å². The largest absolute Gasteiger partial charge is 0.331 e. The summed E-state index contributed by atoms with van der Waals surface area (Å²) in [6, 6.07) is 0. The van der Waals surface area contributed by atoms with E-state index in [4.69, 9.17) is 0 Å². The summed E-state index contributed by atoms with van der Waals surface area (Å²) in [7, 11) is 3.07. The first-order chi connectivity index (χ1) is 8.00. The smallest absolute Gasteiger partial charge is 0.294 e. The molecule has 0 bridgehead atoms. The maximum atomic E-state index is 11.7. The number of rotatable bonds is 4. The van der Waals surface area contributed by atoms with E-state index < -0.39 is 0 Å². The van der Waals surface area contributed by atoms with E-state index in [1.54, 1.807) is 13.3 Å². The Hall–Kier alpha value is -1.17. The molecular weight excluding hydrogens is 286 g/mol. The lowest BCUT2D eigenvalue weighted by Gasteiger charge is -2.07. The number of unbranched alkanes of at least 4 members (excludes halogenated alkanes) is 1. The molecule has 0 N–H and O–H groups in total. The molecule has 0 saturated heterocycles. The van der Waals surface area contributed by atoms with E-state index in [9.17, 15) is 9.59 Å². The van der Waals surface area contributed by atoms with Gasteiger partial charge in [-0.05, 0) is 22.4 Å². The first-order valence-corrected chi connectivity index (χ1v) is 6.25. The minimum absolute atomic E-state index is 0.343. The van der Waals surface area contributed by atoms with Gasteiger partial charge in [0.05, 0.1) is 5.69 Å². The fourth-order valence-electron chi connectivity index (χ4n) is 1.36. The molecule has 1 aromatic heterocycles. The quantitative estimate of drug-likeness (QED) is 0.617. The Labute approximate surface area is 108 Å². The average molecular weight is 302 g/mol. The van der Waals surface area contributed by atoms with Gasteiger partial charge >= 0.3 is 5.69 Å². The number of halogens is 1. The van der Waals surface area contributed by atoms with Gasteiger partial charge in [0.15, 0.2) is 0 Å². The molecule has 0 amide bonds. The van der Waals surface area contributed by atoms with Crippen LogP contribution in [-0.2, 0) is 14.1 Å². The highest BCUT2D eigenvalue weighted by atomic mass is 79.9. The molecule has 94 valence electrons. The van der Waals surface area contributed by atoms with Crippen molar-refractivity contribution < 1.29 is 0 Å². The van der Waals surface area contributed by atoms with Gasteiger partial charge in [-0.2, -0.15) is 0 Å². The van der Waals surface area contributed by atoms with E-state index in [1.165, 1.54) is 11.6 Å². The van der Waals surface area contributed by atoms with Crippen molar-refractivity contribution >= 4 is 22.1 Å². The van der Waals surface area contributed by atoms with Crippen molar-refractivity contribution in [3.05, 3.63) is 31.0 Å². The Bertz CT molecular complexity index is 506. The predicted molar refractivity (Wildman–Crippen MR) is 72.0 cm³/mol. The van der Waals surface area contributed by atoms with E-state index in [2.05, 4.69) is 27.8 Å². The van der Waals surface area contributed by atoms with Gasteiger partial charge in [0.1, 0.15) is 4.47 Å². The zero-order valence-electron chi connectivity index (χ0n) is 10.2. The van der Waals surface area contributed by atoms with Crippen LogP contribution in [0.3, 0.4) is 0 Å². The van der Waals surface area contributed by atoms with Crippen molar-refractivity contribution in [1.29, 1.82) is 0 Å². The molecule has 0 saturated carbocycles. The number of hydrogen-bond acceptors (Lipinski definition) is 3. The molecular formula is C11H16BrN3O2. The summed E-state index contributed by atoms with van der Waals surface area (Å²) in [4.78, 5) is 27.6. The SMILES string of the molecule is CCCCN=Cc1c(Br)c(=O)n(C)c(=O)n1C. The molecule has 5 nitrogen and oxygen atoms in total. The van der Waals surface area contributed by atoms with Gasteiger partial charge < -0.3 is 0 Å². The Morgan fingerprint density at radius 1 is 1.29 bits per heavy atom. The normalized spacial score (nSPS) is 11.3. The van der Waals surface area contributed by atoms with Crippen LogP contribution in [0, 0.1) is 0 Å².